The summed E-state index contributed by atoms with van der Waals surface area (Å²) in [6.07, 6.45) is 21.6. The molecule has 0 aliphatic heterocycles. The van der Waals surface area contributed by atoms with Gasteiger partial charge in [-0.05, 0) is 74.0 Å². The van der Waals surface area contributed by atoms with Crippen molar-refractivity contribution in [3.63, 3.8) is 0 Å². The predicted molar refractivity (Wildman–Crippen MR) is 87.8 cm³/mol. The number of hydrogen-bond acceptors (Lipinski definition) is 0. The molecule has 0 aromatic carbocycles. The Morgan fingerprint density at radius 1 is 0.700 bits per heavy atom. The summed E-state index contributed by atoms with van der Waals surface area (Å²) in [5.41, 5.74) is 1.62. The van der Waals surface area contributed by atoms with Gasteiger partial charge < -0.3 is 0 Å². The fourth-order valence-corrected chi connectivity index (χ4v) is 6.73. The van der Waals surface area contributed by atoms with Crippen molar-refractivity contribution in [2.75, 3.05) is 0 Å². The van der Waals surface area contributed by atoms with Crippen molar-refractivity contribution in [1.29, 1.82) is 0 Å². The van der Waals surface area contributed by atoms with Crippen LogP contribution < -0.4 is 0 Å². The van der Waals surface area contributed by atoms with Crippen molar-refractivity contribution in [2.45, 2.75) is 104 Å². The van der Waals surface area contributed by atoms with Crippen LogP contribution in [0.25, 0.3) is 0 Å². The van der Waals surface area contributed by atoms with Gasteiger partial charge in [0.05, 0.1) is 0 Å². The van der Waals surface area contributed by atoms with Gasteiger partial charge in [0.15, 0.2) is 0 Å². The molecule has 0 N–H and O–H groups in total. The summed E-state index contributed by atoms with van der Waals surface area (Å²) < 4.78 is 0. The Balaban J connectivity index is 1.65. The molecule has 0 aromatic rings. The van der Waals surface area contributed by atoms with Crippen LogP contribution in [0.15, 0.2) is 0 Å². The lowest BCUT2D eigenvalue weighted by Gasteiger charge is -2.63. The van der Waals surface area contributed by atoms with Crippen LogP contribution in [0.5, 0.6) is 0 Å². The second-order valence-corrected chi connectivity index (χ2v) is 8.88. The van der Waals surface area contributed by atoms with E-state index < -0.39 is 0 Å². The largest absolute Gasteiger partial charge is 0.0654 e. The van der Waals surface area contributed by atoms with Crippen LogP contribution in [0, 0.1) is 22.7 Å². The maximum Gasteiger partial charge on any atom is -0.0287 e. The molecular weight excluding hydrogens is 240 g/mol. The van der Waals surface area contributed by atoms with Crippen LogP contribution in [0.2, 0.25) is 0 Å². The highest BCUT2D eigenvalue weighted by Crippen LogP contribution is 2.67. The van der Waals surface area contributed by atoms with Crippen molar-refractivity contribution in [3.8, 4) is 0 Å². The van der Waals surface area contributed by atoms with E-state index in [1.165, 1.54) is 38.5 Å². The molecule has 4 aliphatic carbocycles. The summed E-state index contributed by atoms with van der Waals surface area (Å²) in [6.45, 7) is 4.71. The molecule has 0 unspecified atom stereocenters. The van der Waals surface area contributed by atoms with E-state index in [4.69, 9.17) is 0 Å². The van der Waals surface area contributed by atoms with Crippen LogP contribution in [0.3, 0.4) is 0 Å². The van der Waals surface area contributed by atoms with Crippen LogP contribution in [0.1, 0.15) is 104 Å². The zero-order valence-electron chi connectivity index (χ0n) is 14.1. The topological polar surface area (TPSA) is 0 Å². The number of rotatable bonds is 8. The van der Waals surface area contributed by atoms with E-state index in [0.717, 1.165) is 22.7 Å². The number of hydrogen-bond donors (Lipinski definition) is 0. The molecule has 0 radical (unpaired) electrons. The normalized spacial score (nSPS) is 42.3. The third-order valence-corrected chi connectivity index (χ3v) is 6.92. The first kappa shape index (κ1) is 14.9. The highest BCUT2D eigenvalue weighted by molar-refractivity contribution is 5.07. The standard InChI is InChI=1S/C20H36/c1-3-5-7-9-19-12-17-11-18(13-19)15-20(14-17,16-19)10-8-6-4-2/h17-18H,3-16H2,1-2H3. The molecule has 4 aliphatic rings. The second kappa shape index (κ2) is 6.01. The van der Waals surface area contributed by atoms with Gasteiger partial charge in [-0.3, -0.25) is 0 Å². The summed E-state index contributed by atoms with van der Waals surface area (Å²) in [6, 6.07) is 0. The molecule has 20 heavy (non-hydrogen) atoms. The van der Waals surface area contributed by atoms with E-state index in [0.29, 0.717) is 0 Å². The highest BCUT2D eigenvalue weighted by atomic mass is 14.6. The Morgan fingerprint density at radius 2 is 1.15 bits per heavy atom. The molecule has 0 nitrogen and oxygen atoms in total. The van der Waals surface area contributed by atoms with Crippen molar-refractivity contribution in [2.24, 2.45) is 22.7 Å². The van der Waals surface area contributed by atoms with E-state index in [2.05, 4.69) is 13.8 Å². The lowest BCUT2D eigenvalue weighted by atomic mass is 9.42. The van der Waals surface area contributed by atoms with E-state index in [-0.39, 0.29) is 0 Å². The van der Waals surface area contributed by atoms with Gasteiger partial charge in [-0.1, -0.05) is 52.4 Å². The zero-order chi connectivity index (χ0) is 14.1. The first-order chi connectivity index (χ1) is 9.69. The quantitative estimate of drug-likeness (QED) is 0.431. The van der Waals surface area contributed by atoms with Crippen molar-refractivity contribution < 1.29 is 0 Å². The fourth-order valence-electron chi connectivity index (χ4n) is 6.73. The minimum absolute atomic E-state index is 0.811. The van der Waals surface area contributed by atoms with E-state index in [9.17, 15) is 0 Å². The molecule has 0 atom stereocenters. The maximum absolute atomic E-state index is 2.35. The molecule has 4 bridgehead atoms. The third kappa shape index (κ3) is 2.95. The van der Waals surface area contributed by atoms with Crippen molar-refractivity contribution >= 4 is 0 Å². The van der Waals surface area contributed by atoms with Crippen LogP contribution >= 0.6 is 0 Å². The Bertz CT molecular complexity index is 274. The smallest absolute Gasteiger partial charge is 0.0287 e. The molecular formula is C20H36. The Kier molecular flexibility index (Phi) is 4.48. The van der Waals surface area contributed by atoms with Gasteiger partial charge in [0.25, 0.3) is 0 Å². The highest BCUT2D eigenvalue weighted by Gasteiger charge is 2.56. The van der Waals surface area contributed by atoms with Gasteiger partial charge in [-0.15, -0.1) is 0 Å². The van der Waals surface area contributed by atoms with Gasteiger partial charge in [-0.2, -0.15) is 0 Å². The van der Waals surface area contributed by atoms with Gasteiger partial charge in [-0.25, -0.2) is 0 Å². The molecule has 0 saturated heterocycles. The maximum atomic E-state index is 2.35. The SMILES string of the molecule is CCCCCC12CC3CC(C1)CC(CCCCC)(C3)C2. The lowest BCUT2D eigenvalue weighted by Crippen LogP contribution is -2.51. The molecule has 0 amide bonds. The fraction of sp³-hybridized carbons (Fsp3) is 1.00. The summed E-state index contributed by atoms with van der Waals surface area (Å²) in [5.74, 6) is 2.25. The molecule has 0 heterocycles. The van der Waals surface area contributed by atoms with Gasteiger partial charge in [0.1, 0.15) is 0 Å². The third-order valence-electron chi connectivity index (χ3n) is 6.92. The first-order valence-electron chi connectivity index (χ1n) is 9.69. The molecule has 0 heteroatoms. The number of unbranched alkanes of at least 4 members (excludes halogenated alkanes) is 4. The van der Waals surface area contributed by atoms with Crippen LogP contribution in [-0.4, -0.2) is 0 Å². The average Bonchev–Trinajstić information content (AvgIpc) is 2.37. The summed E-state index contributed by atoms with van der Waals surface area (Å²) in [5, 5.41) is 0. The summed E-state index contributed by atoms with van der Waals surface area (Å²) in [7, 11) is 0. The van der Waals surface area contributed by atoms with Gasteiger partial charge in [0.2, 0.25) is 0 Å². The lowest BCUT2D eigenvalue weighted by molar-refractivity contribution is -0.118. The minimum Gasteiger partial charge on any atom is -0.0654 e. The zero-order valence-corrected chi connectivity index (χ0v) is 14.1. The Hall–Kier alpha value is 0. The molecule has 4 saturated carbocycles. The molecule has 4 fully saturated rings. The Labute approximate surface area is 127 Å². The van der Waals surface area contributed by atoms with Gasteiger partial charge >= 0.3 is 0 Å². The molecule has 116 valence electrons. The first-order valence-corrected chi connectivity index (χ1v) is 9.69. The van der Waals surface area contributed by atoms with Crippen molar-refractivity contribution in [3.05, 3.63) is 0 Å². The van der Waals surface area contributed by atoms with E-state index in [1.807, 2.05) is 0 Å². The van der Waals surface area contributed by atoms with E-state index in [1.54, 1.807) is 51.4 Å². The Morgan fingerprint density at radius 3 is 1.55 bits per heavy atom. The van der Waals surface area contributed by atoms with Crippen molar-refractivity contribution in [1.82, 2.24) is 0 Å². The van der Waals surface area contributed by atoms with Crippen LogP contribution in [0.4, 0.5) is 0 Å². The predicted octanol–water partition coefficient (Wildman–Crippen LogP) is 6.73. The summed E-state index contributed by atoms with van der Waals surface area (Å²) in [4.78, 5) is 0. The monoisotopic (exact) mass is 276 g/mol. The van der Waals surface area contributed by atoms with Gasteiger partial charge in [0, 0.05) is 0 Å². The second-order valence-electron chi connectivity index (χ2n) is 8.88. The van der Waals surface area contributed by atoms with E-state index >= 15 is 0 Å². The molecule has 0 aromatic heterocycles. The average molecular weight is 277 g/mol. The minimum atomic E-state index is 0.811. The molecule has 4 rings (SSSR count). The summed E-state index contributed by atoms with van der Waals surface area (Å²) >= 11 is 0. The van der Waals surface area contributed by atoms with Crippen LogP contribution in [-0.2, 0) is 0 Å². The molecule has 0 spiro atoms.